The molecular formula is C12H19NO2. The minimum Gasteiger partial charge on any atom is -0.459 e. The van der Waals surface area contributed by atoms with Crippen LogP contribution in [0.2, 0.25) is 0 Å². The predicted octanol–water partition coefficient (Wildman–Crippen LogP) is 1.63. The van der Waals surface area contributed by atoms with E-state index in [1.807, 2.05) is 20.8 Å². The van der Waals surface area contributed by atoms with Gasteiger partial charge in [-0.2, -0.15) is 0 Å². The Labute approximate surface area is 90.9 Å². The van der Waals surface area contributed by atoms with Crippen molar-refractivity contribution in [3.05, 3.63) is 12.2 Å². The van der Waals surface area contributed by atoms with E-state index < -0.39 is 0 Å². The van der Waals surface area contributed by atoms with E-state index in [9.17, 15) is 4.79 Å². The molecule has 1 saturated heterocycles. The van der Waals surface area contributed by atoms with E-state index in [1.165, 1.54) is 0 Å². The summed E-state index contributed by atoms with van der Waals surface area (Å²) in [5.41, 5.74) is -0.383. The molecule has 0 aromatic carbocycles. The van der Waals surface area contributed by atoms with Crippen molar-refractivity contribution >= 4 is 5.97 Å². The Balaban J connectivity index is 1.91. The molecule has 3 atom stereocenters. The lowest BCUT2D eigenvalue weighted by Gasteiger charge is -2.22. The normalized spacial score (nSPS) is 34.2. The van der Waals surface area contributed by atoms with E-state index in [4.69, 9.17) is 4.74 Å². The van der Waals surface area contributed by atoms with Crippen LogP contribution >= 0.6 is 0 Å². The van der Waals surface area contributed by atoms with Gasteiger partial charge in [0.25, 0.3) is 0 Å². The Bertz CT molecular complexity index is 290. The van der Waals surface area contributed by atoms with Crippen LogP contribution in [0.4, 0.5) is 0 Å². The second kappa shape index (κ2) is 3.63. The fourth-order valence-electron chi connectivity index (χ4n) is 2.28. The summed E-state index contributed by atoms with van der Waals surface area (Å²) in [4.78, 5) is 11.8. The van der Waals surface area contributed by atoms with Gasteiger partial charge in [-0.15, -0.1) is 0 Å². The van der Waals surface area contributed by atoms with E-state index in [1.54, 1.807) is 0 Å². The minimum atomic E-state index is -0.383. The van der Waals surface area contributed by atoms with Gasteiger partial charge in [0.15, 0.2) is 0 Å². The average molecular weight is 209 g/mol. The third-order valence-electron chi connectivity index (χ3n) is 2.91. The Kier molecular flexibility index (Phi) is 2.59. The summed E-state index contributed by atoms with van der Waals surface area (Å²) in [7, 11) is 0. The smallest absolute Gasteiger partial charge is 0.323 e. The molecular weight excluding hydrogens is 190 g/mol. The molecule has 2 aliphatic rings. The monoisotopic (exact) mass is 209 g/mol. The standard InChI is InChI=1S/C12H19NO2/c1-12(2,3)15-11(14)10-7-8-5-4-6-9(8)13-10/h4,6,8-10,13H,5,7H2,1-3H3. The predicted molar refractivity (Wildman–Crippen MR) is 58.4 cm³/mol. The van der Waals surface area contributed by atoms with Gasteiger partial charge in [-0.25, -0.2) is 0 Å². The highest BCUT2D eigenvalue weighted by Gasteiger charge is 2.39. The molecule has 0 aromatic heterocycles. The lowest BCUT2D eigenvalue weighted by atomic mass is 10.0. The van der Waals surface area contributed by atoms with Gasteiger partial charge in [0.05, 0.1) is 0 Å². The third kappa shape index (κ3) is 2.40. The molecule has 0 amide bonds. The first-order valence-corrected chi connectivity index (χ1v) is 5.61. The van der Waals surface area contributed by atoms with E-state index in [0.717, 1.165) is 12.8 Å². The Hall–Kier alpha value is -0.830. The Morgan fingerprint density at radius 1 is 1.47 bits per heavy atom. The molecule has 3 nitrogen and oxygen atoms in total. The zero-order valence-corrected chi connectivity index (χ0v) is 9.62. The Morgan fingerprint density at radius 3 is 2.80 bits per heavy atom. The van der Waals surface area contributed by atoms with Crippen molar-refractivity contribution in [2.45, 2.75) is 51.3 Å². The molecule has 2 rings (SSSR count). The number of hydrogen-bond acceptors (Lipinski definition) is 3. The van der Waals surface area contributed by atoms with Gasteiger partial charge in [0.2, 0.25) is 0 Å². The fourth-order valence-corrected chi connectivity index (χ4v) is 2.28. The molecule has 1 aliphatic heterocycles. The second-order valence-electron chi connectivity index (χ2n) is 5.44. The summed E-state index contributed by atoms with van der Waals surface area (Å²) in [5, 5.41) is 3.31. The zero-order chi connectivity index (χ0) is 11.1. The van der Waals surface area contributed by atoms with Crippen molar-refractivity contribution in [3.8, 4) is 0 Å². The van der Waals surface area contributed by atoms with Crippen molar-refractivity contribution in [2.75, 3.05) is 0 Å². The van der Waals surface area contributed by atoms with E-state index in [2.05, 4.69) is 17.5 Å². The van der Waals surface area contributed by atoms with E-state index >= 15 is 0 Å². The molecule has 0 bridgehead atoms. The highest BCUT2D eigenvalue weighted by atomic mass is 16.6. The molecule has 1 N–H and O–H groups in total. The number of nitrogens with one attached hydrogen (secondary N) is 1. The summed E-state index contributed by atoms with van der Waals surface area (Å²) in [5.74, 6) is 0.493. The Morgan fingerprint density at radius 2 is 2.20 bits per heavy atom. The average Bonchev–Trinajstić information content (AvgIpc) is 2.56. The summed E-state index contributed by atoms with van der Waals surface area (Å²) in [6, 6.07) is 0.284. The maximum absolute atomic E-state index is 11.8. The van der Waals surface area contributed by atoms with Gasteiger partial charge >= 0.3 is 5.97 Å². The number of allylic oxidation sites excluding steroid dienone is 1. The number of esters is 1. The SMILES string of the molecule is CC(C)(C)OC(=O)C1CC2CC=CC2N1. The first kappa shape index (κ1) is 10.7. The molecule has 0 spiro atoms. The van der Waals surface area contributed by atoms with E-state index in [0.29, 0.717) is 12.0 Å². The lowest BCUT2D eigenvalue weighted by molar-refractivity contribution is -0.157. The molecule has 1 aliphatic carbocycles. The van der Waals surface area contributed by atoms with Crippen molar-refractivity contribution < 1.29 is 9.53 Å². The van der Waals surface area contributed by atoms with Crippen LogP contribution in [0.5, 0.6) is 0 Å². The molecule has 0 aromatic rings. The van der Waals surface area contributed by atoms with Crippen LogP contribution in [0.1, 0.15) is 33.6 Å². The van der Waals surface area contributed by atoms with Gasteiger partial charge in [-0.3, -0.25) is 10.1 Å². The van der Waals surface area contributed by atoms with Crippen LogP contribution in [-0.4, -0.2) is 23.7 Å². The van der Waals surface area contributed by atoms with Crippen molar-refractivity contribution in [3.63, 3.8) is 0 Å². The first-order valence-electron chi connectivity index (χ1n) is 5.61. The minimum absolute atomic E-state index is 0.106. The molecule has 1 heterocycles. The van der Waals surface area contributed by atoms with E-state index in [-0.39, 0.29) is 17.6 Å². The number of carbonyl (C=O) groups is 1. The number of ether oxygens (including phenoxy) is 1. The number of carbonyl (C=O) groups excluding carboxylic acids is 1. The molecule has 1 fully saturated rings. The second-order valence-corrected chi connectivity index (χ2v) is 5.44. The summed E-state index contributed by atoms with van der Waals surface area (Å²) >= 11 is 0. The number of hydrogen-bond donors (Lipinski definition) is 1. The van der Waals surface area contributed by atoms with Gasteiger partial charge in [-0.1, -0.05) is 12.2 Å². The molecule has 3 unspecified atom stereocenters. The van der Waals surface area contributed by atoms with Crippen LogP contribution in [-0.2, 0) is 9.53 Å². The van der Waals surface area contributed by atoms with Crippen molar-refractivity contribution in [1.82, 2.24) is 5.32 Å². The number of fused-ring (bicyclic) bond motifs is 1. The van der Waals surface area contributed by atoms with Crippen LogP contribution in [0.3, 0.4) is 0 Å². The highest BCUT2D eigenvalue weighted by molar-refractivity contribution is 5.76. The topological polar surface area (TPSA) is 38.3 Å². The third-order valence-corrected chi connectivity index (χ3v) is 2.91. The van der Waals surface area contributed by atoms with Gasteiger partial charge < -0.3 is 4.74 Å². The summed E-state index contributed by atoms with van der Waals surface area (Å²) < 4.78 is 5.36. The number of rotatable bonds is 1. The lowest BCUT2D eigenvalue weighted by Crippen LogP contribution is -2.39. The first-order chi connectivity index (χ1) is 6.96. The van der Waals surface area contributed by atoms with Crippen molar-refractivity contribution in [1.29, 1.82) is 0 Å². The van der Waals surface area contributed by atoms with Gasteiger partial charge in [0.1, 0.15) is 11.6 Å². The summed E-state index contributed by atoms with van der Waals surface area (Å²) in [6.07, 6.45) is 6.35. The van der Waals surface area contributed by atoms with Gasteiger partial charge in [0, 0.05) is 6.04 Å². The zero-order valence-electron chi connectivity index (χ0n) is 9.62. The fraction of sp³-hybridized carbons (Fsp3) is 0.750. The van der Waals surface area contributed by atoms with Crippen LogP contribution in [0.25, 0.3) is 0 Å². The molecule has 3 heteroatoms. The largest absolute Gasteiger partial charge is 0.459 e. The molecule has 0 radical (unpaired) electrons. The van der Waals surface area contributed by atoms with Gasteiger partial charge in [-0.05, 0) is 39.5 Å². The molecule has 84 valence electrons. The highest BCUT2D eigenvalue weighted by Crippen LogP contribution is 2.30. The maximum atomic E-state index is 11.8. The molecule has 15 heavy (non-hydrogen) atoms. The maximum Gasteiger partial charge on any atom is 0.323 e. The van der Waals surface area contributed by atoms with Crippen LogP contribution in [0.15, 0.2) is 12.2 Å². The quantitative estimate of drug-likeness (QED) is 0.527. The summed E-state index contributed by atoms with van der Waals surface area (Å²) in [6.45, 7) is 5.71. The molecule has 0 saturated carbocycles. The van der Waals surface area contributed by atoms with Crippen LogP contribution in [0, 0.1) is 5.92 Å². The van der Waals surface area contributed by atoms with Crippen LogP contribution < -0.4 is 5.32 Å². The van der Waals surface area contributed by atoms with Crippen molar-refractivity contribution in [2.24, 2.45) is 5.92 Å².